The SMILES string of the molecule is CSC(=Nc1nc2ccccc2o1)SC. The van der Waals surface area contributed by atoms with Gasteiger partial charge in [0.1, 0.15) is 9.89 Å². The first-order valence-corrected chi connectivity index (χ1v) is 6.80. The standard InChI is InChI=1S/C10H10N2OS2/c1-14-10(15-2)12-9-11-7-5-3-4-6-8(7)13-9/h3-6H,1-2H3. The molecule has 0 spiro atoms. The lowest BCUT2D eigenvalue weighted by Gasteiger charge is -1.93. The van der Waals surface area contributed by atoms with Crippen LogP contribution in [0.5, 0.6) is 0 Å². The van der Waals surface area contributed by atoms with E-state index in [2.05, 4.69) is 9.98 Å². The van der Waals surface area contributed by atoms with Gasteiger partial charge < -0.3 is 4.42 Å². The first-order chi connectivity index (χ1) is 7.33. The van der Waals surface area contributed by atoms with Gasteiger partial charge in [-0.05, 0) is 24.6 Å². The van der Waals surface area contributed by atoms with E-state index in [1.807, 2.05) is 36.8 Å². The lowest BCUT2D eigenvalue weighted by atomic mass is 10.3. The summed E-state index contributed by atoms with van der Waals surface area (Å²) >= 11 is 3.18. The van der Waals surface area contributed by atoms with Crippen LogP contribution in [0.1, 0.15) is 0 Å². The minimum atomic E-state index is 0.426. The third-order valence-electron chi connectivity index (χ3n) is 1.82. The van der Waals surface area contributed by atoms with E-state index < -0.39 is 0 Å². The first kappa shape index (κ1) is 10.6. The number of benzene rings is 1. The molecule has 0 N–H and O–H groups in total. The smallest absolute Gasteiger partial charge is 0.324 e. The Morgan fingerprint density at radius 2 is 2.00 bits per heavy atom. The van der Waals surface area contributed by atoms with Crippen LogP contribution < -0.4 is 0 Å². The van der Waals surface area contributed by atoms with Crippen molar-refractivity contribution in [2.75, 3.05) is 12.5 Å². The minimum Gasteiger partial charge on any atom is -0.422 e. The fourth-order valence-electron chi connectivity index (χ4n) is 1.16. The molecule has 1 heterocycles. The van der Waals surface area contributed by atoms with E-state index in [1.165, 1.54) is 0 Å². The van der Waals surface area contributed by atoms with Crippen LogP contribution in [0.3, 0.4) is 0 Å². The second-order valence-corrected chi connectivity index (χ2v) is 4.60. The van der Waals surface area contributed by atoms with Crippen molar-refractivity contribution in [1.82, 2.24) is 4.98 Å². The molecule has 0 aliphatic carbocycles. The maximum absolute atomic E-state index is 5.48. The fourth-order valence-corrected chi connectivity index (χ4v) is 2.17. The summed E-state index contributed by atoms with van der Waals surface area (Å²) in [6.45, 7) is 0. The second kappa shape index (κ2) is 4.72. The zero-order valence-corrected chi connectivity index (χ0v) is 10.1. The molecule has 5 heteroatoms. The van der Waals surface area contributed by atoms with Crippen LogP contribution in [0.15, 0.2) is 33.7 Å². The van der Waals surface area contributed by atoms with Gasteiger partial charge in [0.2, 0.25) is 0 Å². The van der Waals surface area contributed by atoms with Gasteiger partial charge in [0.15, 0.2) is 5.58 Å². The molecule has 0 fully saturated rings. The summed E-state index contributed by atoms with van der Waals surface area (Å²) in [5.41, 5.74) is 1.62. The van der Waals surface area contributed by atoms with Crippen LogP contribution in [0.2, 0.25) is 0 Å². The Balaban J connectivity index is 2.40. The van der Waals surface area contributed by atoms with Crippen molar-refractivity contribution < 1.29 is 4.42 Å². The fraction of sp³-hybridized carbons (Fsp3) is 0.200. The maximum Gasteiger partial charge on any atom is 0.324 e. The van der Waals surface area contributed by atoms with E-state index in [-0.39, 0.29) is 0 Å². The first-order valence-electron chi connectivity index (χ1n) is 4.35. The van der Waals surface area contributed by atoms with E-state index in [0.717, 1.165) is 15.5 Å². The maximum atomic E-state index is 5.48. The van der Waals surface area contributed by atoms with Crippen LogP contribution in [-0.4, -0.2) is 21.9 Å². The molecule has 0 aliphatic heterocycles. The highest BCUT2D eigenvalue weighted by molar-refractivity contribution is 8.38. The normalized spacial score (nSPS) is 10.5. The zero-order chi connectivity index (χ0) is 10.7. The summed E-state index contributed by atoms with van der Waals surface area (Å²) < 4.78 is 6.42. The van der Waals surface area contributed by atoms with Crippen LogP contribution in [0.4, 0.5) is 6.01 Å². The average Bonchev–Trinajstić information content (AvgIpc) is 2.68. The van der Waals surface area contributed by atoms with Gasteiger partial charge in [-0.3, -0.25) is 0 Å². The number of nitrogens with zero attached hydrogens (tertiary/aromatic N) is 2. The molecule has 1 aromatic heterocycles. The van der Waals surface area contributed by atoms with Crippen LogP contribution in [0.25, 0.3) is 11.1 Å². The zero-order valence-electron chi connectivity index (χ0n) is 8.43. The van der Waals surface area contributed by atoms with Crippen LogP contribution in [0, 0.1) is 0 Å². The molecule has 0 radical (unpaired) electrons. The van der Waals surface area contributed by atoms with E-state index in [4.69, 9.17) is 4.42 Å². The summed E-state index contributed by atoms with van der Waals surface area (Å²) in [4.78, 5) is 8.57. The van der Waals surface area contributed by atoms with Crippen LogP contribution in [-0.2, 0) is 0 Å². The topological polar surface area (TPSA) is 38.4 Å². The molecule has 1 aromatic carbocycles. The minimum absolute atomic E-state index is 0.426. The Morgan fingerprint density at radius 1 is 1.27 bits per heavy atom. The molecule has 0 atom stereocenters. The van der Waals surface area contributed by atoms with Crippen molar-refractivity contribution >= 4 is 45.0 Å². The van der Waals surface area contributed by atoms with Crippen molar-refractivity contribution in [3.8, 4) is 0 Å². The summed E-state index contributed by atoms with van der Waals surface area (Å²) in [5, 5.41) is 0. The molecule has 3 nitrogen and oxygen atoms in total. The van der Waals surface area contributed by atoms with E-state index in [0.29, 0.717) is 6.01 Å². The lowest BCUT2D eigenvalue weighted by Crippen LogP contribution is -1.79. The molecule has 0 saturated carbocycles. The molecule has 78 valence electrons. The molecule has 15 heavy (non-hydrogen) atoms. The molecule has 0 unspecified atom stereocenters. The summed E-state index contributed by atoms with van der Waals surface area (Å²) in [5.74, 6) is 0. The van der Waals surface area contributed by atoms with Gasteiger partial charge in [-0.1, -0.05) is 12.1 Å². The monoisotopic (exact) mass is 238 g/mol. The number of rotatable bonds is 1. The van der Waals surface area contributed by atoms with Gasteiger partial charge in [-0.2, -0.15) is 9.98 Å². The largest absolute Gasteiger partial charge is 0.422 e. The van der Waals surface area contributed by atoms with Gasteiger partial charge >= 0.3 is 6.01 Å². The number of para-hydroxylation sites is 2. The number of aliphatic imine (C=N–C) groups is 1. The van der Waals surface area contributed by atoms with Gasteiger partial charge in [0.25, 0.3) is 0 Å². The van der Waals surface area contributed by atoms with Crippen molar-refractivity contribution in [2.24, 2.45) is 4.99 Å². The molecule has 2 rings (SSSR count). The van der Waals surface area contributed by atoms with Gasteiger partial charge in [0.05, 0.1) is 0 Å². The Morgan fingerprint density at radius 3 is 2.67 bits per heavy atom. The van der Waals surface area contributed by atoms with E-state index >= 15 is 0 Å². The molecule has 2 aromatic rings. The molecule has 0 bridgehead atoms. The number of aromatic nitrogens is 1. The van der Waals surface area contributed by atoms with Crippen molar-refractivity contribution in [3.63, 3.8) is 0 Å². The predicted octanol–water partition coefficient (Wildman–Crippen LogP) is 3.54. The molecule has 0 aliphatic rings. The van der Waals surface area contributed by atoms with E-state index in [9.17, 15) is 0 Å². The predicted molar refractivity (Wildman–Crippen MR) is 68.1 cm³/mol. The number of hydrogen-bond acceptors (Lipinski definition) is 5. The second-order valence-electron chi connectivity index (χ2n) is 2.75. The Bertz CT molecular complexity index is 454. The highest BCUT2D eigenvalue weighted by Gasteiger charge is 2.04. The van der Waals surface area contributed by atoms with Crippen LogP contribution >= 0.6 is 23.5 Å². The third-order valence-corrected chi connectivity index (χ3v) is 3.70. The molecule has 0 saturated heterocycles. The molecular weight excluding hydrogens is 228 g/mol. The Kier molecular flexibility index (Phi) is 3.33. The Hall–Kier alpha value is -0.940. The summed E-state index contributed by atoms with van der Waals surface area (Å²) in [6, 6.07) is 8.08. The van der Waals surface area contributed by atoms with Crippen molar-refractivity contribution in [1.29, 1.82) is 0 Å². The summed E-state index contributed by atoms with van der Waals surface area (Å²) in [7, 11) is 0. The van der Waals surface area contributed by atoms with Crippen molar-refractivity contribution in [2.45, 2.75) is 0 Å². The highest BCUT2D eigenvalue weighted by atomic mass is 32.2. The number of hydrogen-bond donors (Lipinski definition) is 0. The van der Waals surface area contributed by atoms with Gasteiger partial charge in [0, 0.05) is 0 Å². The third kappa shape index (κ3) is 2.35. The molecule has 0 amide bonds. The van der Waals surface area contributed by atoms with E-state index in [1.54, 1.807) is 23.5 Å². The number of oxazole rings is 1. The average molecular weight is 238 g/mol. The van der Waals surface area contributed by atoms with Gasteiger partial charge in [-0.25, -0.2) is 0 Å². The quantitative estimate of drug-likeness (QED) is 0.562. The Labute approximate surface area is 96.4 Å². The number of thioether (sulfide) groups is 2. The number of fused-ring (bicyclic) bond motifs is 1. The summed E-state index contributed by atoms with van der Waals surface area (Å²) in [6.07, 6.45) is 3.97. The molecular formula is C10H10N2OS2. The lowest BCUT2D eigenvalue weighted by molar-refractivity contribution is 0.614. The highest BCUT2D eigenvalue weighted by Crippen LogP contribution is 2.23. The van der Waals surface area contributed by atoms with Gasteiger partial charge in [-0.15, -0.1) is 23.5 Å². The van der Waals surface area contributed by atoms with Crippen molar-refractivity contribution in [3.05, 3.63) is 24.3 Å².